The first-order chi connectivity index (χ1) is 8.06. The molecule has 1 aromatic rings. The fourth-order valence-corrected chi connectivity index (χ4v) is 2.81. The van der Waals surface area contributed by atoms with Crippen molar-refractivity contribution >= 4 is 23.2 Å². The number of hydrogen-bond acceptors (Lipinski definition) is 2. The molecule has 0 amide bonds. The van der Waals surface area contributed by atoms with Gasteiger partial charge in [0.05, 0.1) is 5.60 Å². The summed E-state index contributed by atoms with van der Waals surface area (Å²) in [5, 5.41) is 1.34. The van der Waals surface area contributed by atoms with Gasteiger partial charge in [-0.3, -0.25) is 0 Å². The summed E-state index contributed by atoms with van der Waals surface area (Å²) >= 11 is 12.1. The number of hydrogen-bond donors (Lipinski definition) is 1. The third kappa shape index (κ3) is 2.76. The molecule has 1 atom stereocenters. The number of ether oxygens (including phenoxy) is 1. The highest BCUT2D eigenvalue weighted by atomic mass is 35.5. The number of methoxy groups -OCH3 is 1. The molecule has 0 aromatic heterocycles. The van der Waals surface area contributed by atoms with Crippen molar-refractivity contribution < 1.29 is 4.74 Å². The summed E-state index contributed by atoms with van der Waals surface area (Å²) in [4.78, 5) is 0. The van der Waals surface area contributed by atoms with Gasteiger partial charge in [-0.25, -0.2) is 0 Å². The number of nitrogens with two attached hydrogens (primary N) is 1. The monoisotopic (exact) mass is 273 g/mol. The number of halogens is 2. The molecule has 0 aliphatic heterocycles. The van der Waals surface area contributed by atoms with E-state index in [-0.39, 0.29) is 11.6 Å². The molecule has 1 aliphatic carbocycles. The van der Waals surface area contributed by atoms with Crippen LogP contribution in [0.4, 0.5) is 0 Å². The summed E-state index contributed by atoms with van der Waals surface area (Å²) in [5.74, 6) is 0. The molecule has 2 rings (SSSR count). The molecule has 2 N–H and O–H groups in total. The van der Waals surface area contributed by atoms with E-state index in [1.165, 1.54) is 6.42 Å². The average Bonchev–Trinajstić information content (AvgIpc) is 2.26. The maximum Gasteiger partial charge on any atom is 0.0696 e. The first-order valence-corrected chi connectivity index (χ1v) is 6.58. The molecular weight excluding hydrogens is 257 g/mol. The van der Waals surface area contributed by atoms with E-state index < -0.39 is 0 Å². The van der Waals surface area contributed by atoms with Crippen LogP contribution in [0.25, 0.3) is 0 Å². The molecule has 1 saturated carbocycles. The molecular formula is C13H17Cl2NO. The fraction of sp³-hybridized carbons (Fsp3) is 0.538. The molecule has 17 heavy (non-hydrogen) atoms. The van der Waals surface area contributed by atoms with Crippen LogP contribution in [-0.2, 0) is 4.74 Å². The van der Waals surface area contributed by atoms with Gasteiger partial charge in [-0.2, -0.15) is 0 Å². The van der Waals surface area contributed by atoms with Crippen molar-refractivity contribution in [1.29, 1.82) is 0 Å². The summed E-state index contributed by atoms with van der Waals surface area (Å²) in [7, 11) is 1.76. The Hall–Kier alpha value is -0.280. The maximum absolute atomic E-state index is 6.21. The molecule has 94 valence electrons. The summed E-state index contributed by atoms with van der Waals surface area (Å²) in [5.41, 5.74) is 7.07. The van der Waals surface area contributed by atoms with Gasteiger partial charge in [0.1, 0.15) is 0 Å². The van der Waals surface area contributed by atoms with Crippen LogP contribution in [0, 0.1) is 0 Å². The Morgan fingerprint density at radius 1 is 1.41 bits per heavy atom. The van der Waals surface area contributed by atoms with E-state index >= 15 is 0 Å². The minimum atomic E-state index is -0.124. The van der Waals surface area contributed by atoms with Crippen LogP contribution >= 0.6 is 23.2 Å². The molecule has 1 unspecified atom stereocenters. The third-order valence-electron chi connectivity index (χ3n) is 3.65. The second-order valence-electron chi connectivity index (χ2n) is 4.72. The Kier molecular flexibility index (Phi) is 3.99. The van der Waals surface area contributed by atoms with Crippen molar-refractivity contribution in [3.63, 3.8) is 0 Å². The van der Waals surface area contributed by atoms with Crippen molar-refractivity contribution in [1.82, 2.24) is 0 Å². The normalized spacial score (nSPS) is 19.8. The van der Waals surface area contributed by atoms with E-state index in [1.54, 1.807) is 19.2 Å². The van der Waals surface area contributed by atoms with Crippen LogP contribution in [0.5, 0.6) is 0 Å². The highest BCUT2D eigenvalue weighted by Crippen LogP contribution is 2.42. The summed E-state index contributed by atoms with van der Waals surface area (Å²) in [6, 6.07) is 5.28. The van der Waals surface area contributed by atoms with Crippen LogP contribution in [0.3, 0.4) is 0 Å². The molecule has 0 saturated heterocycles. The van der Waals surface area contributed by atoms with E-state index in [9.17, 15) is 0 Å². The zero-order valence-electron chi connectivity index (χ0n) is 9.88. The van der Waals surface area contributed by atoms with Crippen LogP contribution < -0.4 is 5.73 Å². The van der Waals surface area contributed by atoms with E-state index in [4.69, 9.17) is 33.7 Å². The van der Waals surface area contributed by atoms with Crippen LogP contribution in [-0.4, -0.2) is 12.7 Å². The van der Waals surface area contributed by atoms with Crippen LogP contribution in [0.1, 0.15) is 37.3 Å². The van der Waals surface area contributed by atoms with E-state index in [1.807, 2.05) is 6.07 Å². The van der Waals surface area contributed by atoms with Crippen LogP contribution in [0.15, 0.2) is 18.2 Å². The van der Waals surface area contributed by atoms with Gasteiger partial charge < -0.3 is 10.5 Å². The first kappa shape index (κ1) is 13.2. The maximum atomic E-state index is 6.21. The van der Waals surface area contributed by atoms with Crippen molar-refractivity contribution in [2.45, 2.75) is 37.3 Å². The van der Waals surface area contributed by atoms with Gasteiger partial charge in [0.15, 0.2) is 0 Å². The number of rotatable bonds is 4. The molecule has 1 fully saturated rings. The van der Waals surface area contributed by atoms with E-state index in [2.05, 4.69) is 0 Å². The SMILES string of the molecule is COC1(CC(N)c2cc(Cl)ccc2Cl)CCC1. The quantitative estimate of drug-likeness (QED) is 0.902. The van der Waals surface area contributed by atoms with Crippen molar-refractivity contribution in [2.75, 3.05) is 7.11 Å². The highest BCUT2D eigenvalue weighted by molar-refractivity contribution is 6.33. The Bertz CT molecular complexity index is 399. The molecule has 0 bridgehead atoms. The predicted octanol–water partition coefficient (Wildman–Crippen LogP) is 3.95. The van der Waals surface area contributed by atoms with Crippen LogP contribution in [0.2, 0.25) is 10.0 Å². The van der Waals surface area contributed by atoms with E-state index in [0.717, 1.165) is 24.8 Å². The lowest BCUT2D eigenvalue weighted by Gasteiger charge is -2.42. The molecule has 0 spiro atoms. The number of benzene rings is 1. The minimum absolute atomic E-state index is 0.0505. The predicted molar refractivity (Wildman–Crippen MR) is 71.6 cm³/mol. The molecule has 1 aliphatic rings. The third-order valence-corrected chi connectivity index (χ3v) is 4.23. The van der Waals surface area contributed by atoms with Gasteiger partial charge in [-0.15, -0.1) is 0 Å². The zero-order valence-corrected chi connectivity index (χ0v) is 11.4. The minimum Gasteiger partial charge on any atom is -0.378 e. The largest absolute Gasteiger partial charge is 0.378 e. The zero-order chi connectivity index (χ0) is 12.5. The first-order valence-electron chi connectivity index (χ1n) is 5.82. The van der Waals surface area contributed by atoms with Crippen molar-refractivity contribution in [3.8, 4) is 0 Å². The summed E-state index contributed by atoms with van der Waals surface area (Å²) in [6.07, 6.45) is 4.16. The Balaban J connectivity index is 2.13. The van der Waals surface area contributed by atoms with Gasteiger partial charge in [0.25, 0.3) is 0 Å². The lowest BCUT2D eigenvalue weighted by molar-refractivity contribution is -0.0816. The Morgan fingerprint density at radius 2 is 2.12 bits per heavy atom. The lowest BCUT2D eigenvalue weighted by Crippen LogP contribution is -2.41. The smallest absolute Gasteiger partial charge is 0.0696 e. The fourth-order valence-electron chi connectivity index (χ4n) is 2.37. The van der Waals surface area contributed by atoms with Gasteiger partial charge in [0.2, 0.25) is 0 Å². The van der Waals surface area contributed by atoms with Gasteiger partial charge >= 0.3 is 0 Å². The van der Waals surface area contributed by atoms with Gasteiger partial charge in [0, 0.05) is 23.2 Å². The van der Waals surface area contributed by atoms with Gasteiger partial charge in [-0.1, -0.05) is 23.2 Å². The van der Waals surface area contributed by atoms with Crippen molar-refractivity contribution in [3.05, 3.63) is 33.8 Å². The topological polar surface area (TPSA) is 35.2 Å². The highest BCUT2D eigenvalue weighted by Gasteiger charge is 2.38. The second-order valence-corrected chi connectivity index (χ2v) is 5.56. The lowest BCUT2D eigenvalue weighted by atomic mass is 9.75. The molecule has 2 nitrogen and oxygen atoms in total. The standard InChI is InChI=1S/C13H17Cl2NO/c1-17-13(5-2-6-13)8-12(16)10-7-9(14)3-4-11(10)15/h3-4,7,12H,2,5-6,8,16H2,1H3. The Morgan fingerprint density at radius 3 is 2.65 bits per heavy atom. The van der Waals surface area contributed by atoms with Crippen molar-refractivity contribution in [2.24, 2.45) is 5.73 Å². The molecule has 1 aromatic carbocycles. The summed E-state index contributed by atoms with van der Waals surface area (Å²) < 4.78 is 5.58. The molecule has 4 heteroatoms. The molecule has 0 radical (unpaired) electrons. The van der Waals surface area contributed by atoms with Gasteiger partial charge in [-0.05, 0) is 49.4 Å². The summed E-state index contributed by atoms with van der Waals surface area (Å²) in [6.45, 7) is 0. The molecule has 0 heterocycles. The van der Waals surface area contributed by atoms with E-state index in [0.29, 0.717) is 10.0 Å². The second kappa shape index (κ2) is 5.15. The Labute approximate surface area is 112 Å². The average molecular weight is 274 g/mol.